The molecule has 0 unspecified atom stereocenters. The largest absolute Gasteiger partial charge is 0.492 e. The molecule has 3 rings (SSSR count). The zero-order valence-corrected chi connectivity index (χ0v) is 17.1. The molecule has 4 amide bonds. The van der Waals surface area contributed by atoms with Crippen molar-refractivity contribution >= 4 is 35.3 Å². The lowest BCUT2D eigenvalue weighted by atomic mass is 10.1. The third-order valence-electron chi connectivity index (χ3n) is 4.47. The molecule has 7 nitrogen and oxygen atoms in total. The molecule has 7 heteroatoms. The van der Waals surface area contributed by atoms with E-state index in [1.807, 2.05) is 43.3 Å². The second-order valence-corrected chi connectivity index (χ2v) is 6.73. The van der Waals surface area contributed by atoms with Gasteiger partial charge in [0.25, 0.3) is 11.8 Å². The normalized spacial score (nSPS) is 15.6. The van der Waals surface area contributed by atoms with Crippen LogP contribution in [-0.4, -0.2) is 38.5 Å². The average molecular weight is 405 g/mol. The van der Waals surface area contributed by atoms with Crippen LogP contribution in [0.25, 0.3) is 6.08 Å². The maximum atomic E-state index is 12.9. The number of benzene rings is 2. The molecule has 30 heavy (non-hydrogen) atoms. The summed E-state index contributed by atoms with van der Waals surface area (Å²) >= 11 is 0. The summed E-state index contributed by atoms with van der Waals surface area (Å²) in [6, 6.07) is 13.7. The van der Waals surface area contributed by atoms with Crippen molar-refractivity contribution in [3.8, 4) is 5.75 Å². The first kappa shape index (κ1) is 20.9. The van der Waals surface area contributed by atoms with Crippen LogP contribution in [0, 0.1) is 0 Å². The summed E-state index contributed by atoms with van der Waals surface area (Å²) in [6.45, 7) is 2.18. The Bertz CT molecular complexity index is 1020. The lowest BCUT2D eigenvalue weighted by Gasteiger charge is -2.27. The van der Waals surface area contributed by atoms with Gasteiger partial charge in [-0.15, -0.1) is 0 Å². The van der Waals surface area contributed by atoms with Crippen LogP contribution in [-0.2, 0) is 9.59 Å². The zero-order valence-electron chi connectivity index (χ0n) is 17.1. The minimum absolute atomic E-state index is 0.137. The number of nitrogens with one attached hydrogen (secondary N) is 1. The summed E-state index contributed by atoms with van der Waals surface area (Å²) in [4.78, 5) is 40.5. The minimum atomic E-state index is -0.808. The van der Waals surface area contributed by atoms with E-state index in [9.17, 15) is 14.4 Å². The quantitative estimate of drug-likeness (QED) is 0.589. The molecule has 0 radical (unpaired) electrons. The number of carbonyl (C=O) groups excluding carboxylic acids is 3. The Morgan fingerprint density at radius 3 is 2.40 bits per heavy atom. The molecule has 1 saturated heterocycles. The fraction of sp³-hybridized carbons (Fsp3) is 0.174. The number of amides is 4. The standard InChI is InChI=1S/C23H23N3O4/c1-4-30-20-11-6-5-10-19(20)26-22(28)18(21(27)24-23(26)29)9-7-8-16-12-14-17(15-13-16)25(2)3/h5-15H,4H2,1-3H3,(H,24,27,29)/b8-7+,18-9+. The van der Waals surface area contributed by atoms with Gasteiger partial charge in [-0.1, -0.05) is 36.4 Å². The highest BCUT2D eigenvalue weighted by Crippen LogP contribution is 2.30. The van der Waals surface area contributed by atoms with E-state index in [2.05, 4.69) is 5.32 Å². The van der Waals surface area contributed by atoms with Crippen LogP contribution in [0.5, 0.6) is 5.75 Å². The van der Waals surface area contributed by atoms with Crippen molar-refractivity contribution in [3.05, 3.63) is 71.8 Å². The number of carbonyl (C=O) groups is 3. The van der Waals surface area contributed by atoms with E-state index in [0.717, 1.165) is 16.2 Å². The summed E-state index contributed by atoms with van der Waals surface area (Å²) < 4.78 is 5.52. The van der Waals surface area contributed by atoms with Crippen LogP contribution in [0.2, 0.25) is 0 Å². The zero-order chi connectivity index (χ0) is 21.7. The molecule has 1 aliphatic heterocycles. The lowest BCUT2D eigenvalue weighted by Crippen LogP contribution is -2.54. The van der Waals surface area contributed by atoms with Gasteiger partial charge in [0, 0.05) is 19.8 Å². The molecular formula is C23H23N3O4. The van der Waals surface area contributed by atoms with Crippen molar-refractivity contribution in [2.45, 2.75) is 6.92 Å². The Balaban J connectivity index is 1.87. The fourth-order valence-corrected chi connectivity index (χ4v) is 2.95. The van der Waals surface area contributed by atoms with E-state index in [4.69, 9.17) is 4.74 Å². The van der Waals surface area contributed by atoms with Crippen molar-refractivity contribution < 1.29 is 19.1 Å². The Hall–Kier alpha value is -3.87. The molecular weight excluding hydrogens is 382 g/mol. The highest BCUT2D eigenvalue weighted by Gasteiger charge is 2.37. The van der Waals surface area contributed by atoms with Gasteiger partial charge in [-0.25, -0.2) is 9.69 Å². The fourth-order valence-electron chi connectivity index (χ4n) is 2.95. The summed E-state index contributed by atoms with van der Waals surface area (Å²) in [7, 11) is 3.92. The molecule has 0 aromatic heterocycles. The molecule has 0 spiro atoms. The van der Waals surface area contributed by atoms with Gasteiger partial charge in [-0.3, -0.25) is 14.9 Å². The van der Waals surface area contributed by atoms with Crippen molar-refractivity contribution in [1.82, 2.24) is 5.32 Å². The molecule has 0 atom stereocenters. The van der Waals surface area contributed by atoms with E-state index in [1.165, 1.54) is 6.08 Å². The lowest BCUT2D eigenvalue weighted by molar-refractivity contribution is -0.122. The average Bonchev–Trinajstić information content (AvgIpc) is 2.72. The predicted octanol–water partition coefficient (Wildman–Crippen LogP) is 3.37. The van der Waals surface area contributed by atoms with Crippen LogP contribution < -0.4 is 19.9 Å². The molecule has 1 N–H and O–H groups in total. The molecule has 1 aliphatic rings. The summed E-state index contributed by atoms with van der Waals surface area (Å²) in [6.07, 6.45) is 4.79. The van der Waals surface area contributed by atoms with Gasteiger partial charge in [0.1, 0.15) is 11.3 Å². The van der Waals surface area contributed by atoms with Gasteiger partial charge in [0.2, 0.25) is 0 Å². The van der Waals surface area contributed by atoms with Gasteiger partial charge >= 0.3 is 6.03 Å². The maximum Gasteiger partial charge on any atom is 0.336 e. The Morgan fingerprint density at radius 2 is 1.73 bits per heavy atom. The molecule has 0 aliphatic carbocycles. The number of allylic oxidation sites excluding steroid dienone is 2. The molecule has 2 aromatic carbocycles. The molecule has 0 bridgehead atoms. The summed E-state index contributed by atoms with van der Waals surface area (Å²) in [5, 5.41) is 2.21. The minimum Gasteiger partial charge on any atom is -0.492 e. The van der Waals surface area contributed by atoms with Crippen molar-refractivity contribution in [2.75, 3.05) is 30.5 Å². The molecule has 2 aromatic rings. The van der Waals surface area contributed by atoms with Crippen LogP contribution in [0.3, 0.4) is 0 Å². The number of imide groups is 2. The van der Waals surface area contributed by atoms with Gasteiger partial charge in [-0.2, -0.15) is 0 Å². The second kappa shape index (κ2) is 9.09. The van der Waals surface area contributed by atoms with Crippen LogP contribution in [0.1, 0.15) is 12.5 Å². The molecule has 1 heterocycles. The maximum absolute atomic E-state index is 12.9. The molecule has 154 valence electrons. The topological polar surface area (TPSA) is 79.0 Å². The van der Waals surface area contributed by atoms with Gasteiger partial charge in [-0.05, 0) is 42.8 Å². The van der Waals surface area contributed by atoms with E-state index >= 15 is 0 Å². The number of nitrogens with zero attached hydrogens (tertiary/aromatic N) is 2. The number of para-hydroxylation sites is 2. The van der Waals surface area contributed by atoms with E-state index in [-0.39, 0.29) is 11.3 Å². The predicted molar refractivity (Wildman–Crippen MR) is 117 cm³/mol. The highest BCUT2D eigenvalue weighted by atomic mass is 16.5. The van der Waals surface area contributed by atoms with E-state index in [0.29, 0.717) is 12.4 Å². The van der Waals surface area contributed by atoms with E-state index in [1.54, 1.807) is 43.3 Å². The first-order valence-electron chi connectivity index (χ1n) is 9.49. The summed E-state index contributed by atoms with van der Waals surface area (Å²) in [5.74, 6) is -1.06. The number of anilines is 2. The van der Waals surface area contributed by atoms with Gasteiger partial charge < -0.3 is 9.64 Å². The van der Waals surface area contributed by atoms with Crippen LogP contribution >= 0.6 is 0 Å². The monoisotopic (exact) mass is 405 g/mol. The first-order valence-corrected chi connectivity index (χ1v) is 9.49. The van der Waals surface area contributed by atoms with Crippen molar-refractivity contribution in [1.29, 1.82) is 0 Å². The number of ether oxygens (including phenoxy) is 1. The van der Waals surface area contributed by atoms with Crippen LogP contribution in [0.4, 0.5) is 16.2 Å². The van der Waals surface area contributed by atoms with Crippen molar-refractivity contribution in [2.24, 2.45) is 0 Å². The molecule has 0 saturated carbocycles. The number of barbiturate groups is 1. The highest BCUT2D eigenvalue weighted by molar-refractivity contribution is 6.38. The number of hydrogen-bond acceptors (Lipinski definition) is 5. The number of rotatable bonds is 6. The number of hydrogen-bond donors (Lipinski definition) is 1. The first-order chi connectivity index (χ1) is 14.4. The molecule has 1 fully saturated rings. The third-order valence-corrected chi connectivity index (χ3v) is 4.47. The number of urea groups is 1. The second-order valence-electron chi connectivity index (χ2n) is 6.73. The Morgan fingerprint density at radius 1 is 1.03 bits per heavy atom. The Labute approximate surface area is 175 Å². The van der Waals surface area contributed by atoms with E-state index < -0.39 is 17.8 Å². The van der Waals surface area contributed by atoms with Gasteiger partial charge in [0.15, 0.2) is 0 Å². The van der Waals surface area contributed by atoms with Gasteiger partial charge in [0.05, 0.1) is 12.3 Å². The third kappa shape index (κ3) is 4.41. The summed E-state index contributed by atoms with van der Waals surface area (Å²) in [5.41, 5.74) is 2.12. The Kier molecular flexibility index (Phi) is 6.32. The SMILES string of the molecule is CCOc1ccccc1N1C(=O)NC(=O)/C(=C\C=C\c2ccc(N(C)C)cc2)C1=O. The van der Waals surface area contributed by atoms with Crippen molar-refractivity contribution in [3.63, 3.8) is 0 Å². The smallest absolute Gasteiger partial charge is 0.336 e. The van der Waals surface area contributed by atoms with Crippen LogP contribution in [0.15, 0.2) is 66.3 Å².